The van der Waals surface area contributed by atoms with Crippen molar-refractivity contribution in [2.24, 2.45) is 0 Å². The Balaban J connectivity index is 1.62. The Morgan fingerprint density at radius 3 is 2.62 bits per heavy atom. The first kappa shape index (κ1) is 21.1. The third-order valence-electron chi connectivity index (χ3n) is 5.13. The molecule has 9 nitrogen and oxygen atoms in total. The molecule has 0 spiro atoms. The average Bonchev–Trinajstić information content (AvgIpc) is 3.22. The Morgan fingerprint density at radius 2 is 1.88 bits per heavy atom. The van der Waals surface area contributed by atoms with E-state index in [0.717, 1.165) is 21.4 Å². The molecule has 0 saturated heterocycles. The lowest BCUT2D eigenvalue weighted by atomic mass is 10.0. The van der Waals surface area contributed by atoms with Gasteiger partial charge in [0, 0.05) is 11.6 Å². The molecule has 0 radical (unpaired) electrons. The highest BCUT2D eigenvalue weighted by atomic mass is 16.5. The lowest BCUT2D eigenvalue weighted by molar-refractivity contribution is -0.117. The number of aromatic nitrogens is 4. The quantitative estimate of drug-likeness (QED) is 0.502. The van der Waals surface area contributed by atoms with Gasteiger partial charge >= 0.3 is 0 Å². The summed E-state index contributed by atoms with van der Waals surface area (Å²) in [6, 6.07) is 12.8. The summed E-state index contributed by atoms with van der Waals surface area (Å²) >= 11 is 0. The van der Waals surface area contributed by atoms with Crippen molar-refractivity contribution in [3.63, 3.8) is 0 Å². The van der Waals surface area contributed by atoms with Gasteiger partial charge in [-0.25, -0.2) is 9.20 Å². The van der Waals surface area contributed by atoms with Gasteiger partial charge in [0.1, 0.15) is 29.9 Å². The Morgan fingerprint density at radius 1 is 1.06 bits per heavy atom. The molecule has 1 N–H and O–H groups in total. The molecule has 1 amide bonds. The van der Waals surface area contributed by atoms with Crippen LogP contribution in [0.4, 0.5) is 5.69 Å². The zero-order valence-corrected chi connectivity index (χ0v) is 18.2. The van der Waals surface area contributed by atoms with Crippen molar-refractivity contribution in [1.29, 1.82) is 0 Å². The number of methoxy groups -OCH3 is 2. The van der Waals surface area contributed by atoms with E-state index in [-0.39, 0.29) is 6.54 Å². The number of carbonyl (C=O) groups is 1. The van der Waals surface area contributed by atoms with Crippen LogP contribution in [0.5, 0.6) is 11.5 Å². The van der Waals surface area contributed by atoms with Crippen LogP contribution in [0.3, 0.4) is 0 Å². The van der Waals surface area contributed by atoms with Crippen molar-refractivity contribution in [3.8, 4) is 22.8 Å². The fourth-order valence-electron chi connectivity index (χ4n) is 3.43. The summed E-state index contributed by atoms with van der Waals surface area (Å²) in [7, 11) is 3.04. The maximum absolute atomic E-state index is 13.0. The van der Waals surface area contributed by atoms with Crippen molar-refractivity contribution >= 4 is 17.1 Å². The van der Waals surface area contributed by atoms with E-state index >= 15 is 0 Å². The van der Waals surface area contributed by atoms with E-state index in [4.69, 9.17) is 9.47 Å². The second kappa shape index (κ2) is 8.54. The first-order valence-corrected chi connectivity index (χ1v) is 9.94. The molecule has 2 aromatic heterocycles. The number of hydrogen-bond acceptors (Lipinski definition) is 6. The van der Waals surface area contributed by atoms with E-state index in [0.29, 0.717) is 28.4 Å². The summed E-state index contributed by atoms with van der Waals surface area (Å²) in [4.78, 5) is 25.6. The third-order valence-corrected chi connectivity index (χ3v) is 5.13. The maximum atomic E-state index is 13.0. The molecule has 0 fully saturated rings. The predicted octanol–water partition coefficient (Wildman–Crippen LogP) is 2.83. The van der Waals surface area contributed by atoms with Gasteiger partial charge in [-0.15, -0.1) is 0 Å². The fraction of sp³-hybridized carbons (Fsp3) is 0.217. The number of nitrogens with one attached hydrogen (secondary N) is 1. The van der Waals surface area contributed by atoms with E-state index in [1.807, 2.05) is 32.0 Å². The standard InChI is InChI=1S/C23H23N5O4/c1-14-5-6-15(2)17(9-14)18-11-20-23(30)27(24-13-28(20)26-18)12-22(29)25-19-10-16(31-3)7-8-21(19)32-4/h5-11,13H,12H2,1-4H3,(H,25,29). The van der Waals surface area contributed by atoms with E-state index < -0.39 is 11.5 Å². The number of aryl methyl sites for hydroxylation is 2. The van der Waals surface area contributed by atoms with E-state index in [1.54, 1.807) is 24.3 Å². The van der Waals surface area contributed by atoms with Crippen LogP contribution < -0.4 is 20.3 Å². The number of nitrogens with zero attached hydrogens (tertiary/aromatic N) is 4. The SMILES string of the molecule is COc1ccc(OC)c(NC(=O)Cn2ncn3nc(-c4cc(C)ccc4C)cc3c2=O)c1. The number of amides is 1. The summed E-state index contributed by atoms with van der Waals surface area (Å²) in [5.41, 5.74) is 4.14. The Hall–Kier alpha value is -4.14. The van der Waals surface area contributed by atoms with Gasteiger partial charge < -0.3 is 14.8 Å². The number of carbonyl (C=O) groups excluding carboxylic acids is 1. The van der Waals surface area contributed by atoms with Gasteiger partial charge in [-0.1, -0.05) is 17.7 Å². The molecule has 2 heterocycles. The van der Waals surface area contributed by atoms with Crippen LogP contribution in [-0.2, 0) is 11.3 Å². The van der Waals surface area contributed by atoms with Crippen molar-refractivity contribution < 1.29 is 14.3 Å². The molecule has 4 rings (SSSR count). The first-order valence-electron chi connectivity index (χ1n) is 9.94. The number of hydrogen-bond donors (Lipinski definition) is 1. The van der Waals surface area contributed by atoms with Gasteiger partial charge in [-0.2, -0.15) is 10.2 Å². The molecule has 0 unspecified atom stereocenters. The molecule has 4 aromatic rings. The summed E-state index contributed by atoms with van der Waals surface area (Å²) in [6.07, 6.45) is 1.42. The van der Waals surface area contributed by atoms with Crippen molar-refractivity contribution in [2.75, 3.05) is 19.5 Å². The third kappa shape index (κ3) is 4.04. The monoisotopic (exact) mass is 433 g/mol. The highest BCUT2D eigenvalue weighted by Gasteiger charge is 2.15. The number of ether oxygens (including phenoxy) is 2. The molecule has 2 aromatic carbocycles. The Bertz CT molecular complexity index is 1370. The molecule has 9 heteroatoms. The van der Waals surface area contributed by atoms with Crippen molar-refractivity contribution in [2.45, 2.75) is 20.4 Å². The van der Waals surface area contributed by atoms with E-state index in [1.165, 1.54) is 25.1 Å². The minimum atomic E-state index is -0.426. The van der Waals surface area contributed by atoms with Crippen LogP contribution in [0.1, 0.15) is 11.1 Å². The van der Waals surface area contributed by atoms with Gasteiger partial charge in [-0.3, -0.25) is 9.59 Å². The van der Waals surface area contributed by atoms with Gasteiger partial charge in [0.05, 0.1) is 25.6 Å². The predicted molar refractivity (Wildman–Crippen MR) is 120 cm³/mol. The van der Waals surface area contributed by atoms with E-state index in [2.05, 4.69) is 15.5 Å². The van der Waals surface area contributed by atoms with Crippen LogP contribution in [0.2, 0.25) is 0 Å². The topological polar surface area (TPSA) is 99.8 Å². The molecule has 0 aliphatic carbocycles. The summed E-state index contributed by atoms with van der Waals surface area (Å²) in [6.45, 7) is 3.73. The number of rotatable bonds is 6. The fourth-order valence-corrected chi connectivity index (χ4v) is 3.43. The zero-order valence-electron chi connectivity index (χ0n) is 18.2. The highest BCUT2D eigenvalue weighted by Crippen LogP contribution is 2.29. The number of fused-ring (bicyclic) bond motifs is 1. The van der Waals surface area contributed by atoms with E-state index in [9.17, 15) is 9.59 Å². The maximum Gasteiger partial charge on any atom is 0.293 e. The second-order valence-electron chi connectivity index (χ2n) is 7.39. The summed E-state index contributed by atoms with van der Waals surface area (Å²) < 4.78 is 13.0. The van der Waals surface area contributed by atoms with Crippen LogP contribution in [0, 0.1) is 13.8 Å². The smallest absolute Gasteiger partial charge is 0.293 e. The zero-order chi connectivity index (χ0) is 22.8. The lowest BCUT2D eigenvalue weighted by Crippen LogP contribution is -2.30. The number of anilines is 1. The molecule has 32 heavy (non-hydrogen) atoms. The molecule has 0 saturated carbocycles. The molecule has 0 atom stereocenters. The Kier molecular flexibility index (Phi) is 5.63. The molecule has 0 aliphatic heterocycles. The average molecular weight is 433 g/mol. The first-order chi connectivity index (χ1) is 15.4. The molecule has 0 bridgehead atoms. The highest BCUT2D eigenvalue weighted by molar-refractivity contribution is 5.92. The second-order valence-corrected chi connectivity index (χ2v) is 7.39. The van der Waals surface area contributed by atoms with Crippen LogP contribution >= 0.6 is 0 Å². The van der Waals surface area contributed by atoms with Crippen LogP contribution in [0.25, 0.3) is 16.8 Å². The van der Waals surface area contributed by atoms with Crippen molar-refractivity contribution in [3.05, 3.63) is 70.3 Å². The minimum Gasteiger partial charge on any atom is -0.497 e. The largest absolute Gasteiger partial charge is 0.497 e. The normalized spacial score (nSPS) is 10.9. The van der Waals surface area contributed by atoms with Crippen LogP contribution in [0.15, 0.2) is 53.6 Å². The van der Waals surface area contributed by atoms with Crippen LogP contribution in [-0.4, -0.2) is 39.5 Å². The molecular formula is C23H23N5O4. The molecule has 164 valence electrons. The summed E-state index contributed by atoms with van der Waals surface area (Å²) in [5.74, 6) is 0.615. The minimum absolute atomic E-state index is 0.264. The van der Waals surface area contributed by atoms with Crippen molar-refractivity contribution in [1.82, 2.24) is 19.4 Å². The summed E-state index contributed by atoms with van der Waals surface area (Å²) in [5, 5.41) is 11.3. The number of benzene rings is 2. The molecular weight excluding hydrogens is 410 g/mol. The van der Waals surface area contributed by atoms with Gasteiger partial charge in [0.15, 0.2) is 0 Å². The van der Waals surface area contributed by atoms with Gasteiger partial charge in [0.25, 0.3) is 5.56 Å². The lowest BCUT2D eigenvalue weighted by Gasteiger charge is -2.12. The molecule has 0 aliphatic rings. The Labute approximate surface area is 184 Å². The van der Waals surface area contributed by atoms with Gasteiger partial charge in [0.2, 0.25) is 5.91 Å². The van der Waals surface area contributed by atoms with Gasteiger partial charge in [-0.05, 0) is 43.7 Å².